The zero-order valence-corrected chi connectivity index (χ0v) is 13.1. The number of amides is 2. The Morgan fingerprint density at radius 3 is 2.74 bits per heavy atom. The maximum atomic E-state index is 12.3. The van der Waals surface area contributed by atoms with E-state index in [-0.39, 0.29) is 30.0 Å². The van der Waals surface area contributed by atoms with Crippen LogP contribution in [0, 0.1) is 16.0 Å². The molecule has 8 nitrogen and oxygen atoms in total. The quantitative estimate of drug-likeness (QED) is 0.608. The van der Waals surface area contributed by atoms with Crippen LogP contribution in [0.15, 0.2) is 18.2 Å². The Morgan fingerprint density at radius 1 is 1.43 bits per heavy atom. The maximum Gasteiger partial charge on any atom is 0.274 e. The van der Waals surface area contributed by atoms with Gasteiger partial charge in [0.2, 0.25) is 11.8 Å². The van der Waals surface area contributed by atoms with Crippen LogP contribution in [-0.4, -0.2) is 35.9 Å². The number of nitrogens with two attached hydrogens (primary N) is 1. The van der Waals surface area contributed by atoms with E-state index in [0.717, 1.165) is 0 Å². The van der Waals surface area contributed by atoms with Crippen LogP contribution in [0.1, 0.15) is 19.4 Å². The van der Waals surface area contributed by atoms with Gasteiger partial charge in [-0.05, 0) is 18.4 Å². The first kappa shape index (κ1) is 16.9. The predicted octanol–water partition coefficient (Wildman–Crippen LogP) is 0.583. The summed E-state index contributed by atoms with van der Waals surface area (Å²) in [5, 5.41) is 13.5. The number of fused-ring (bicyclic) bond motifs is 1. The van der Waals surface area contributed by atoms with Gasteiger partial charge in [-0.15, -0.1) is 0 Å². The predicted molar refractivity (Wildman–Crippen MR) is 85.0 cm³/mol. The second-order valence-electron chi connectivity index (χ2n) is 5.81. The normalized spacial score (nSPS) is 14.5. The highest BCUT2D eigenvalue weighted by Crippen LogP contribution is 2.34. The molecule has 1 heterocycles. The lowest BCUT2D eigenvalue weighted by atomic mass is 10.1. The molecule has 1 aliphatic rings. The minimum Gasteiger partial charge on any atom is -0.346 e. The second-order valence-corrected chi connectivity index (χ2v) is 5.81. The van der Waals surface area contributed by atoms with Crippen molar-refractivity contribution in [3.8, 4) is 0 Å². The van der Waals surface area contributed by atoms with Crippen LogP contribution in [0.25, 0.3) is 0 Å². The number of benzene rings is 1. The van der Waals surface area contributed by atoms with Gasteiger partial charge in [0.15, 0.2) is 0 Å². The summed E-state index contributed by atoms with van der Waals surface area (Å²) < 4.78 is 0. The molecule has 23 heavy (non-hydrogen) atoms. The van der Waals surface area contributed by atoms with Crippen molar-refractivity contribution in [2.75, 3.05) is 18.0 Å². The highest BCUT2D eigenvalue weighted by Gasteiger charge is 2.30. The highest BCUT2D eigenvalue weighted by molar-refractivity contribution is 5.99. The average Bonchev–Trinajstić information content (AvgIpc) is 2.95. The van der Waals surface area contributed by atoms with Crippen molar-refractivity contribution < 1.29 is 14.5 Å². The summed E-state index contributed by atoms with van der Waals surface area (Å²) in [6.07, 6.45) is 0.428. The first-order valence-electron chi connectivity index (χ1n) is 7.43. The van der Waals surface area contributed by atoms with Gasteiger partial charge in [-0.3, -0.25) is 19.7 Å². The minimum atomic E-state index is -0.672. The van der Waals surface area contributed by atoms with Gasteiger partial charge in [-0.25, -0.2) is 0 Å². The molecule has 2 rings (SSSR count). The van der Waals surface area contributed by atoms with E-state index in [9.17, 15) is 19.7 Å². The first-order valence-corrected chi connectivity index (χ1v) is 7.43. The molecule has 0 fully saturated rings. The van der Waals surface area contributed by atoms with E-state index in [1.165, 1.54) is 11.0 Å². The van der Waals surface area contributed by atoms with E-state index in [1.807, 2.05) is 13.8 Å². The molecule has 0 saturated heterocycles. The van der Waals surface area contributed by atoms with Crippen molar-refractivity contribution >= 4 is 23.2 Å². The van der Waals surface area contributed by atoms with Crippen molar-refractivity contribution in [2.45, 2.75) is 26.3 Å². The number of hydrogen-bond acceptors (Lipinski definition) is 5. The number of nitro benzene ring substituents is 1. The molecule has 0 bridgehead atoms. The molecular weight excluding hydrogens is 300 g/mol. The average molecular weight is 320 g/mol. The van der Waals surface area contributed by atoms with E-state index in [2.05, 4.69) is 5.32 Å². The van der Waals surface area contributed by atoms with Gasteiger partial charge in [-0.1, -0.05) is 19.9 Å². The fourth-order valence-corrected chi connectivity index (χ4v) is 2.52. The Hall–Kier alpha value is -2.48. The molecule has 0 aromatic heterocycles. The number of nitrogens with one attached hydrogen (secondary N) is 1. The van der Waals surface area contributed by atoms with Gasteiger partial charge in [0, 0.05) is 12.6 Å². The molecule has 8 heteroatoms. The smallest absolute Gasteiger partial charge is 0.274 e. The van der Waals surface area contributed by atoms with Crippen molar-refractivity contribution in [1.29, 1.82) is 0 Å². The van der Waals surface area contributed by atoms with Crippen molar-refractivity contribution in [2.24, 2.45) is 11.7 Å². The fraction of sp³-hybridized carbons (Fsp3) is 0.467. The number of hydrogen-bond donors (Lipinski definition) is 2. The zero-order valence-electron chi connectivity index (χ0n) is 13.1. The second kappa shape index (κ2) is 6.74. The lowest BCUT2D eigenvalue weighted by Gasteiger charge is -2.19. The van der Waals surface area contributed by atoms with Crippen LogP contribution >= 0.6 is 0 Å². The summed E-state index contributed by atoms with van der Waals surface area (Å²) in [6.45, 7) is 3.83. The van der Waals surface area contributed by atoms with Crippen LogP contribution in [0.5, 0.6) is 0 Å². The lowest BCUT2D eigenvalue weighted by molar-refractivity contribution is -0.385. The van der Waals surface area contributed by atoms with E-state index in [0.29, 0.717) is 24.2 Å². The van der Waals surface area contributed by atoms with Crippen molar-refractivity contribution in [3.05, 3.63) is 33.9 Å². The molecule has 3 N–H and O–H groups in total. The van der Waals surface area contributed by atoms with Gasteiger partial charge in [0.05, 0.1) is 28.8 Å². The Balaban J connectivity index is 2.06. The summed E-state index contributed by atoms with van der Waals surface area (Å²) in [7, 11) is 0. The van der Waals surface area contributed by atoms with Crippen LogP contribution in [0.3, 0.4) is 0 Å². The van der Waals surface area contributed by atoms with Crippen LogP contribution < -0.4 is 16.0 Å². The van der Waals surface area contributed by atoms with E-state index < -0.39 is 11.0 Å². The van der Waals surface area contributed by atoms with Gasteiger partial charge in [-0.2, -0.15) is 0 Å². The molecular formula is C15H20N4O4. The Kier molecular flexibility index (Phi) is 4.95. The van der Waals surface area contributed by atoms with Crippen molar-refractivity contribution in [1.82, 2.24) is 5.32 Å². The Labute approximate surface area is 133 Å². The van der Waals surface area contributed by atoms with Gasteiger partial charge in [0.25, 0.3) is 5.69 Å². The van der Waals surface area contributed by atoms with E-state index >= 15 is 0 Å². The third-order valence-electron chi connectivity index (χ3n) is 3.94. The Bertz CT molecular complexity index is 644. The first-order chi connectivity index (χ1) is 10.8. The molecule has 0 saturated carbocycles. The van der Waals surface area contributed by atoms with E-state index in [1.54, 1.807) is 12.1 Å². The summed E-state index contributed by atoms with van der Waals surface area (Å²) in [5.74, 6) is -0.722. The largest absolute Gasteiger partial charge is 0.346 e. The summed E-state index contributed by atoms with van der Waals surface area (Å²) in [5.41, 5.74) is 6.82. The molecule has 124 valence electrons. The monoisotopic (exact) mass is 320 g/mol. The molecule has 0 spiro atoms. The molecule has 1 aromatic rings. The Morgan fingerprint density at radius 2 is 2.13 bits per heavy atom. The van der Waals surface area contributed by atoms with Crippen molar-refractivity contribution in [3.63, 3.8) is 0 Å². The van der Waals surface area contributed by atoms with Crippen LogP contribution in [0.4, 0.5) is 11.4 Å². The number of rotatable bonds is 5. The van der Waals surface area contributed by atoms with Crippen LogP contribution in [-0.2, 0) is 16.0 Å². The molecule has 0 aliphatic carbocycles. The standard InChI is InChI=1S/C15H20N4O4/c1-9(2)14(16)15(21)17-8-13(20)18-7-6-10-11(18)4-3-5-12(10)19(22)23/h3-5,9,14H,6-8,16H2,1-2H3,(H,17,21)/t14-/m0/s1. The number of anilines is 1. The van der Waals surface area contributed by atoms with Gasteiger partial charge < -0.3 is 16.0 Å². The number of nitrogens with zero attached hydrogens (tertiary/aromatic N) is 2. The summed E-state index contributed by atoms with van der Waals surface area (Å²) >= 11 is 0. The SMILES string of the molecule is CC(C)[C@H](N)C(=O)NCC(=O)N1CCc2c1cccc2[N+](=O)[O-]. The molecule has 1 atom stereocenters. The third kappa shape index (κ3) is 3.48. The molecule has 2 amide bonds. The maximum absolute atomic E-state index is 12.3. The zero-order chi connectivity index (χ0) is 17.1. The molecule has 1 aliphatic heterocycles. The number of nitro groups is 1. The van der Waals surface area contributed by atoms with Gasteiger partial charge >= 0.3 is 0 Å². The minimum absolute atomic E-state index is 0.0173. The van der Waals surface area contributed by atoms with E-state index in [4.69, 9.17) is 5.73 Å². The molecule has 0 unspecified atom stereocenters. The summed E-state index contributed by atoms with van der Waals surface area (Å²) in [4.78, 5) is 36.1. The van der Waals surface area contributed by atoms with Crippen LogP contribution in [0.2, 0.25) is 0 Å². The topological polar surface area (TPSA) is 119 Å². The molecule has 0 radical (unpaired) electrons. The molecule has 1 aromatic carbocycles. The third-order valence-corrected chi connectivity index (χ3v) is 3.94. The number of carbonyl (C=O) groups excluding carboxylic acids is 2. The highest BCUT2D eigenvalue weighted by atomic mass is 16.6. The number of carbonyl (C=O) groups is 2. The lowest BCUT2D eigenvalue weighted by Crippen LogP contribution is -2.47. The summed E-state index contributed by atoms with van der Waals surface area (Å²) in [6, 6.07) is 3.98. The fourth-order valence-electron chi connectivity index (χ4n) is 2.52. The van der Waals surface area contributed by atoms with Gasteiger partial charge in [0.1, 0.15) is 0 Å².